The van der Waals surface area contributed by atoms with E-state index in [9.17, 15) is 0 Å². The third-order valence-electron chi connectivity index (χ3n) is 26.0. The molecule has 11 heteroatoms. The van der Waals surface area contributed by atoms with Gasteiger partial charge in [0.1, 0.15) is 11.6 Å². The van der Waals surface area contributed by atoms with Crippen LogP contribution in [-0.4, -0.2) is 52.7 Å². The lowest BCUT2D eigenvalue weighted by molar-refractivity contribution is 0.0719. The first-order valence-corrected chi connectivity index (χ1v) is 41.5. The summed E-state index contributed by atoms with van der Waals surface area (Å²) in [6, 6.07) is 102. The van der Waals surface area contributed by atoms with Crippen molar-refractivity contribution >= 4 is 99.4 Å². The summed E-state index contributed by atoms with van der Waals surface area (Å²) < 4.78 is 12.5. The van der Waals surface area contributed by atoms with Crippen LogP contribution < -0.4 is 0 Å². The van der Waals surface area contributed by atoms with Crippen molar-refractivity contribution in [1.82, 2.24) is 52.7 Å². The Bertz CT molecular complexity index is 7300. The van der Waals surface area contributed by atoms with Gasteiger partial charge in [-0.3, -0.25) is 4.57 Å². The van der Waals surface area contributed by atoms with Crippen LogP contribution in [0.3, 0.4) is 0 Å². The Morgan fingerprint density at radius 1 is 0.388 bits per heavy atom. The Kier molecular flexibility index (Phi) is 15.5. The van der Waals surface area contributed by atoms with Crippen LogP contribution in [0.1, 0.15) is 119 Å². The van der Waals surface area contributed by atoms with E-state index in [1.165, 1.54) is 89.8 Å². The Balaban J connectivity index is 0.684. The first-order chi connectivity index (χ1) is 56.9. The van der Waals surface area contributed by atoms with Gasteiger partial charge >= 0.3 is 0 Å². The van der Waals surface area contributed by atoms with Crippen molar-refractivity contribution in [2.45, 2.75) is 103 Å². The van der Waals surface area contributed by atoms with Gasteiger partial charge in [0, 0.05) is 116 Å². The first-order valence-electron chi connectivity index (χ1n) is 41.5. The van der Waals surface area contributed by atoms with Crippen LogP contribution >= 0.6 is 0 Å². The van der Waals surface area contributed by atoms with E-state index >= 15 is 0 Å². The van der Waals surface area contributed by atoms with E-state index in [1.54, 1.807) is 0 Å². The monoisotopic (exact) mass is 1500 g/mol. The van der Waals surface area contributed by atoms with Crippen molar-refractivity contribution < 1.29 is 0 Å². The third-order valence-corrected chi connectivity index (χ3v) is 26.0. The fraction of sp³-hybridized carbons (Fsp3) is 0.181. The van der Waals surface area contributed by atoms with E-state index in [4.69, 9.17) is 29.9 Å². The fourth-order valence-corrected chi connectivity index (χ4v) is 21.4. The lowest BCUT2D eigenvalue weighted by atomic mass is 9.56. The minimum absolute atomic E-state index is 0.0417. The molecule has 5 atom stereocenters. The minimum atomic E-state index is -0.356. The maximum atomic E-state index is 6.00. The van der Waals surface area contributed by atoms with Gasteiger partial charge in [0.25, 0.3) is 0 Å². The van der Waals surface area contributed by atoms with E-state index in [2.05, 4.69) is 343 Å². The number of para-hydroxylation sites is 7. The largest absolute Gasteiger partial charge is 0.313 e. The number of hydrogen-bond donors (Lipinski definition) is 0. The van der Waals surface area contributed by atoms with Crippen LogP contribution in [0.4, 0.5) is 0 Å². The molecule has 0 amide bonds. The molecular formula is C105H85N11. The number of aromatic nitrogens is 11. The van der Waals surface area contributed by atoms with E-state index in [0.717, 1.165) is 139 Å². The zero-order valence-electron chi connectivity index (χ0n) is 65.8. The van der Waals surface area contributed by atoms with Crippen LogP contribution in [0.15, 0.2) is 291 Å². The normalized spacial score (nSPS) is 18.1. The lowest BCUT2D eigenvalue weighted by Crippen LogP contribution is -2.43. The van der Waals surface area contributed by atoms with Crippen LogP contribution in [0.2, 0.25) is 0 Å². The standard InChI is InChI=1S/C105H85N11/c1-64-56-66-57-65(2)62-105(61-64,63-66)102-109-99(82-39-20-26-47-90(82)115-86-43-22-17-36-76(86)80-53-55-92-95(97(80)115)81-38-19-25-46-89(81)112(92)71-32-13-8-14-33-71)110-103(111-102)116-88-45-24-16-35-75(88)79-52-49-70(59-94(79)116)69-48-51-78-74-34-15-21-42-85(74)113(93(78)58-69)72-50-54-91-84(60-72)77-37-18-23-44-87(77)114(91)96-73(67-28-9-6-10-29-67)40-27-41-83(96)100-106-98(68-30-11-7-12-31-68)107-101(108-100)104(3,4)5/h6-23,25-44,46-55,59-60,64-66,69H,24,45,56-58,61-63H2,1-5H3/t64-,65+,66?,69?,105?. The van der Waals surface area contributed by atoms with Crippen LogP contribution in [0, 0.1) is 17.8 Å². The number of hydrogen-bond acceptors (Lipinski definition) is 6. The molecule has 0 aliphatic heterocycles. The van der Waals surface area contributed by atoms with E-state index < -0.39 is 0 Å². The molecule has 0 spiro atoms. The van der Waals surface area contributed by atoms with Gasteiger partial charge in [0.15, 0.2) is 17.5 Å². The van der Waals surface area contributed by atoms with Crippen molar-refractivity contribution in [3.8, 4) is 74.0 Å². The first kappa shape index (κ1) is 68.2. The van der Waals surface area contributed by atoms with Crippen LogP contribution in [-0.2, 0) is 23.7 Å². The van der Waals surface area contributed by atoms with Gasteiger partial charge in [-0.1, -0.05) is 253 Å². The zero-order chi connectivity index (χ0) is 77.2. The molecule has 11 nitrogen and oxygen atoms in total. The van der Waals surface area contributed by atoms with Crippen molar-refractivity contribution in [3.63, 3.8) is 0 Å². The molecule has 4 aliphatic carbocycles. The Labute approximate surface area is 673 Å². The van der Waals surface area contributed by atoms with Gasteiger partial charge < -0.3 is 18.3 Å². The molecule has 3 unspecified atom stereocenters. The quantitative estimate of drug-likeness (QED) is 0.128. The van der Waals surface area contributed by atoms with E-state index in [1.807, 2.05) is 18.2 Å². The smallest absolute Gasteiger partial charge is 0.238 e. The number of rotatable bonds is 11. The van der Waals surface area contributed by atoms with Gasteiger partial charge in [-0.2, -0.15) is 9.97 Å². The average Bonchev–Trinajstić information content (AvgIpc) is 1.55. The number of fused-ring (bicyclic) bond motifs is 18. The molecule has 7 heterocycles. The maximum absolute atomic E-state index is 6.00. The van der Waals surface area contributed by atoms with Crippen LogP contribution in [0.5, 0.6) is 0 Å². The van der Waals surface area contributed by atoms with Crippen molar-refractivity contribution in [2.75, 3.05) is 0 Å². The highest BCUT2D eigenvalue weighted by Gasteiger charge is 2.48. The molecule has 2 bridgehead atoms. The van der Waals surface area contributed by atoms with Gasteiger partial charge in [0.2, 0.25) is 5.95 Å². The molecule has 2 fully saturated rings. The van der Waals surface area contributed by atoms with Gasteiger partial charge in [0.05, 0.1) is 55.5 Å². The van der Waals surface area contributed by atoms with Gasteiger partial charge in [-0.25, -0.2) is 19.9 Å². The molecule has 116 heavy (non-hydrogen) atoms. The summed E-state index contributed by atoms with van der Waals surface area (Å²) in [6.45, 7) is 11.5. The molecule has 7 aromatic heterocycles. The second-order valence-electron chi connectivity index (χ2n) is 34.5. The van der Waals surface area contributed by atoms with Crippen molar-refractivity contribution in [3.05, 3.63) is 331 Å². The predicted octanol–water partition coefficient (Wildman–Crippen LogP) is 25.6. The highest BCUT2D eigenvalue weighted by Crippen LogP contribution is 2.55. The fourth-order valence-electron chi connectivity index (χ4n) is 21.4. The molecule has 2 saturated carbocycles. The zero-order valence-corrected chi connectivity index (χ0v) is 65.8. The Morgan fingerprint density at radius 2 is 0.974 bits per heavy atom. The number of nitrogens with zero attached hydrogens (tertiary/aromatic N) is 11. The van der Waals surface area contributed by atoms with Crippen LogP contribution in [0.25, 0.3) is 173 Å². The minimum Gasteiger partial charge on any atom is -0.313 e. The van der Waals surface area contributed by atoms with E-state index in [0.29, 0.717) is 41.2 Å². The summed E-state index contributed by atoms with van der Waals surface area (Å²) in [5, 5.41) is 9.59. The lowest BCUT2D eigenvalue weighted by Gasteiger charge is -2.49. The number of benzene rings is 12. The second kappa shape index (κ2) is 26.3. The average molecular weight is 1500 g/mol. The molecule has 4 aliphatic rings. The Morgan fingerprint density at radius 3 is 1.73 bits per heavy atom. The third kappa shape index (κ3) is 10.7. The molecular weight excluding hydrogens is 1420 g/mol. The summed E-state index contributed by atoms with van der Waals surface area (Å²) in [4.78, 5) is 33.9. The Hall–Kier alpha value is -13.4. The maximum Gasteiger partial charge on any atom is 0.238 e. The number of allylic oxidation sites excluding steroid dienone is 2. The molecule has 0 saturated heterocycles. The SMILES string of the molecule is C[C@@H]1CC2C[C@H](C)CC(c3nc(-c4ccccc4-n4c5ccccc5c5ccc6c(c7ccccc7n6-c6ccccc6)c54)nc(-n4c5c(c6ccc(C7C=Cc8c(n(-c9ccc%10c(c9)c9ccccc9n%10-c9c(-c%10ccccc%10)cccc9-c9nc(-c%10ccccc%10)nc(C(C)(C)C)n9)c9ccccc89)C7)cc64)C=CCC5)n3)(C2)C1. The molecule has 19 aromatic rings. The second-order valence-corrected chi connectivity index (χ2v) is 34.5. The summed E-state index contributed by atoms with van der Waals surface area (Å²) >= 11 is 0. The summed E-state index contributed by atoms with van der Waals surface area (Å²) in [7, 11) is 0. The highest BCUT2D eigenvalue weighted by molar-refractivity contribution is 6.26. The summed E-state index contributed by atoms with van der Waals surface area (Å²) in [6.07, 6.45) is 17.9. The van der Waals surface area contributed by atoms with Crippen molar-refractivity contribution in [2.24, 2.45) is 17.8 Å². The van der Waals surface area contributed by atoms with Crippen molar-refractivity contribution in [1.29, 1.82) is 0 Å². The highest BCUT2D eigenvalue weighted by atomic mass is 15.2. The molecule has 560 valence electrons. The topological polar surface area (TPSA) is 102 Å². The summed E-state index contributed by atoms with van der Waals surface area (Å²) in [5.41, 5.74) is 24.2. The molecule has 12 aromatic carbocycles. The predicted molar refractivity (Wildman–Crippen MR) is 476 cm³/mol. The summed E-state index contributed by atoms with van der Waals surface area (Å²) in [5.74, 6) is 6.11. The van der Waals surface area contributed by atoms with Gasteiger partial charge in [-0.05, 0) is 165 Å². The van der Waals surface area contributed by atoms with E-state index in [-0.39, 0.29) is 16.7 Å². The van der Waals surface area contributed by atoms with Gasteiger partial charge in [-0.15, -0.1) is 0 Å². The molecule has 0 radical (unpaired) electrons. The molecule has 23 rings (SSSR count). The molecule has 0 N–H and O–H groups in total.